The Balaban J connectivity index is 1.35. The van der Waals surface area contributed by atoms with Crippen molar-refractivity contribution in [3.05, 3.63) is 94.7 Å². The van der Waals surface area contributed by atoms with Crippen LogP contribution in [0.5, 0.6) is 11.5 Å². The maximum Gasteiger partial charge on any atom is 0.339 e. The van der Waals surface area contributed by atoms with Crippen LogP contribution in [0.3, 0.4) is 0 Å². The molecule has 4 aromatic rings. The van der Waals surface area contributed by atoms with E-state index in [0.29, 0.717) is 28.8 Å². The van der Waals surface area contributed by atoms with Gasteiger partial charge in [-0.25, -0.2) is 22.5 Å². The van der Waals surface area contributed by atoms with Gasteiger partial charge in [0.2, 0.25) is 16.8 Å². The van der Waals surface area contributed by atoms with Crippen LogP contribution in [0.15, 0.2) is 71.6 Å². The van der Waals surface area contributed by atoms with Crippen LogP contribution >= 0.6 is 0 Å². The lowest BCUT2D eigenvalue weighted by Crippen LogP contribution is -2.22. The highest BCUT2D eigenvalue weighted by molar-refractivity contribution is 7.89. The van der Waals surface area contributed by atoms with Gasteiger partial charge >= 0.3 is 5.97 Å². The zero-order valence-electron chi connectivity index (χ0n) is 22.2. The van der Waals surface area contributed by atoms with Crippen LogP contribution < -0.4 is 9.47 Å². The number of para-hydroxylation sites is 1. The SMILES string of the molecule is CN(C)S(=O)(=O)c1cccc(COC(=O)c2c3c(nc4ccccc24)C(=Cc2ccc4c(c2)OCO4)CCC3)c1. The van der Waals surface area contributed by atoms with E-state index in [1.54, 1.807) is 12.1 Å². The van der Waals surface area contributed by atoms with Crippen LogP contribution in [0.1, 0.15) is 45.6 Å². The van der Waals surface area contributed by atoms with Crippen LogP contribution in [0, 0.1) is 0 Å². The summed E-state index contributed by atoms with van der Waals surface area (Å²) in [5, 5.41) is 0.736. The fraction of sp³-hybridized carbons (Fsp3) is 0.226. The number of hydrogen-bond donors (Lipinski definition) is 0. The molecule has 2 heterocycles. The molecular formula is C31H28N2O6S. The molecular weight excluding hydrogens is 528 g/mol. The number of benzene rings is 3. The number of nitrogens with zero attached hydrogens (tertiary/aromatic N) is 2. The van der Waals surface area contributed by atoms with Crippen molar-refractivity contribution in [2.75, 3.05) is 20.9 Å². The second kappa shape index (κ2) is 10.4. The summed E-state index contributed by atoms with van der Waals surface area (Å²) in [4.78, 5) is 18.8. The van der Waals surface area contributed by atoms with Gasteiger partial charge in [-0.15, -0.1) is 0 Å². The fourth-order valence-electron chi connectivity index (χ4n) is 5.14. The summed E-state index contributed by atoms with van der Waals surface area (Å²) < 4.78 is 43.1. The monoisotopic (exact) mass is 556 g/mol. The molecule has 0 bridgehead atoms. The van der Waals surface area contributed by atoms with Crippen molar-refractivity contribution >= 4 is 38.5 Å². The molecule has 0 fully saturated rings. The highest BCUT2D eigenvalue weighted by Crippen LogP contribution is 2.38. The first-order chi connectivity index (χ1) is 19.3. The minimum Gasteiger partial charge on any atom is -0.457 e. The largest absolute Gasteiger partial charge is 0.457 e. The second-order valence-corrected chi connectivity index (χ2v) is 12.1. The van der Waals surface area contributed by atoms with Gasteiger partial charge in [0.25, 0.3) is 0 Å². The average molecular weight is 557 g/mol. The molecule has 8 nitrogen and oxygen atoms in total. The van der Waals surface area contributed by atoms with Gasteiger partial charge in [-0.1, -0.05) is 36.4 Å². The average Bonchev–Trinajstić information content (AvgIpc) is 3.43. The molecule has 0 saturated heterocycles. The van der Waals surface area contributed by atoms with Gasteiger partial charge in [-0.05, 0) is 77.9 Å². The predicted molar refractivity (Wildman–Crippen MR) is 152 cm³/mol. The number of ether oxygens (including phenoxy) is 3. The number of allylic oxidation sites excluding steroid dienone is 1. The highest BCUT2D eigenvalue weighted by Gasteiger charge is 2.26. The molecule has 204 valence electrons. The van der Waals surface area contributed by atoms with Crippen LogP contribution in [0.2, 0.25) is 0 Å². The van der Waals surface area contributed by atoms with E-state index in [9.17, 15) is 13.2 Å². The van der Waals surface area contributed by atoms with Gasteiger partial charge in [0.05, 0.1) is 21.7 Å². The smallest absolute Gasteiger partial charge is 0.339 e. The third-order valence-electron chi connectivity index (χ3n) is 7.16. The van der Waals surface area contributed by atoms with Crippen molar-refractivity contribution in [1.29, 1.82) is 0 Å². The van der Waals surface area contributed by atoms with E-state index < -0.39 is 16.0 Å². The summed E-state index contributed by atoms with van der Waals surface area (Å²) in [6.07, 6.45) is 4.49. The summed E-state index contributed by atoms with van der Waals surface area (Å²) in [7, 11) is -0.641. The Labute approximate surface area is 232 Å². The number of hydrogen-bond acceptors (Lipinski definition) is 7. The van der Waals surface area contributed by atoms with Gasteiger partial charge in [0.15, 0.2) is 11.5 Å². The quantitative estimate of drug-likeness (QED) is 0.292. The molecule has 2 aliphatic rings. The number of rotatable bonds is 6. The molecule has 0 atom stereocenters. The molecule has 1 aliphatic carbocycles. The Hall–Kier alpha value is -4.21. The number of carbonyl (C=O) groups excluding carboxylic acids is 1. The van der Waals surface area contributed by atoms with Gasteiger partial charge < -0.3 is 14.2 Å². The van der Waals surface area contributed by atoms with E-state index in [4.69, 9.17) is 19.2 Å². The Kier molecular flexibility index (Phi) is 6.77. The van der Waals surface area contributed by atoms with Gasteiger partial charge in [-0.2, -0.15) is 0 Å². The topological polar surface area (TPSA) is 95.0 Å². The van der Waals surface area contributed by atoms with E-state index >= 15 is 0 Å². The summed E-state index contributed by atoms with van der Waals surface area (Å²) in [5.74, 6) is 0.980. The summed E-state index contributed by atoms with van der Waals surface area (Å²) in [5.41, 5.74) is 5.49. The van der Waals surface area contributed by atoms with Crippen molar-refractivity contribution in [3.8, 4) is 11.5 Å². The third-order valence-corrected chi connectivity index (χ3v) is 8.97. The molecule has 6 rings (SSSR count). The number of esters is 1. The van der Waals surface area contributed by atoms with Crippen LogP contribution in [-0.4, -0.2) is 44.6 Å². The summed E-state index contributed by atoms with van der Waals surface area (Å²) in [6.45, 7) is 0.161. The van der Waals surface area contributed by atoms with Crippen molar-refractivity contribution in [2.24, 2.45) is 0 Å². The van der Waals surface area contributed by atoms with Crippen molar-refractivity contribution < 1.29 is 27.4 Å². The van der Waals surface area contributed by atoms with E-state index in [1.807, 2.05) is 42.5 Å². The Morgan fingerprint density at radius 2 is 1.82 bits per heavy atom. The molecule has 0 amide bonds. The zero-order chi connectivity index (χ0) is 27.9. The molecule has 0 unspecified atom stereocenters. The number of pyridine rings is 1. The lowest BCUT2D eigenvalue weighted by molar-refractivity contribution is 0.0473. The minimum absolute atomic E-state index is 0.0546. The summed E-state index contributed by atoms with van der Waals surface area (Å²) in [6, 6.07) is 19.9. The molecule has 0 N–H and O–H groups in total. The first-order valence-electron chi connectivity index (χ1n) is 13.0. The van der Waals surface area contributed by atoms with Crippen LogP contribution in [0.4, 0.5) is 0 Å². The lowest BCUT2D eigenvalue weighted by Gasteiger charge is -2.22. The third kappa shape index (κ3) is 4.82. The van der Waals surface area contributed by atoms with E-state index in [0.717, 1.165) is 50.7 Å². The maximum atomic E-state index is 13.7. The molecule has 40 heavy (non-hydrogen) atoms. The van der Waals surface area contributed by atoms with E-state index in [1.165, 1.54) is 26.2 Å². The lowest BCUT2D eigenvalue weighted by atomic mass is 9.86. The van der Waals surface area contributed by atoms with Crippen molar-refractivity contribution in [1.82, 2.24) is 9.29 Å². The highest BCUT2D eigenvalue weighted by atomic mass is 32.2. The first kappa shape index (κ1) is 26.0. The first-order valence-corrected chi connectivity index (χ1v) is 14.5. The zero-order valence-corrected chi connectivity index (χ0v) is 23.0. The Morgan fingerprint density at radius 1 is 1.00 bits per heavy atom. The normalized spacial score (nSPS) is 15.4. The number of carbonyl (C=O) groups is 1. The van der Waals surface area contributed by atoms with Crippen molar-refractivity contribution in [2.45, 2.75) is 30.8 Å². The number of aromatic nitrogens is 1. The van der Waals surface area contributed by atoms with Crippen molar-refractivity contribution in [3.63, 3.8) is 0 Å². The summed E-state index contributed by atoms with van der Waals surface area (Å²) >= 11 is 0. The molecule has 3 aromatic carbocycles. The minimum atomic E-state index is -3.60. The van der Waals surface area contributed by atoms with Crippen LogP contribution in [-0.2, 0) is 27.8 Å². The fourth-order valence-corrected chi connectivity index (χ4v) is 6.11. The van der Waals surface area contributed by atoms with Gasteiger partial charge in [0.1, 0.15) is 6.61 Å². The Morgan fingerprint density at radius 3 is 2.67 bits per heavy atom. The number of fused-ring (bicyclic) bond motifs is 3. The standard InChI is InChI=1S/C31H28N2O6S/c1-33(2)40(35,36)23-9-5-7-21(16-23)18-37-31(34)29-24-10-3-4-12-26(24)32-30-22(8-6-11-25(29)30)15-20-13-14-27-28(17-20)39-19-38-27/h3-5,7,9-10,12-17H,6,8,11,18-19H2,1-2H3. The van der Waals surface area contributed by atoms with Gasteiger partial charge in [0, 0.05) is 19.5 Å². The number of sulfonamides is 1. The Bertz CT molecular complexity index is 1780. The second-order valence-electron chi connectivity index (χ2n) is 9.98. The van der Waals surface area contributed by atoms with E-state index in [2.05, 4.69) is 6.08 Å². The predicted octanol–water partition coefficient (Wildman–Crippen LogP) is 5.45. The van der Waals surface area contributed by atoms with Gasteiger partial charge in [-0.3, -0.25) is 0 Å². The molecule has 1 aromatic heterocycles. The molecule has 1 aliphatic heterocycles. The maximum absolute atomic E-state index is 13.7. The van der Waals surface area contributed by atoms with Crippen LogP contribution in [0.25, 0.3) is 22.6 Å². The molecule has 0 radical (unpaired) electrons. The molecule has 9 heteroatoms. The molecule has 0 spiro atoms. The van der Waals surface area contributed by atoms with E-state index in [-0.39, 0.29) is 18.3 Å². The molecule has 0 saturated carbocycles.